The molecule has 0 amide bonds. The van der Waals surface area contributed by atoms with Gasteiger partial charge in [0.05, 0.1) is 19.5 Å². The predicted molar refractivity (Wildman–Crippen MR) is 148 cm³/mol. The van der Waals surface area contributed by atoms with Crippen LogP contribution in [0.1, 0.15) is 36.9 Å². The molecule has 0 spiro atoms. The van der Waals surface area contributed by atoms with Crippen molar-refractivity contribution in [2.45, 2.75) is 44.6 Å². The Morgan fingerprint density at radius 3 is 2.79 bits per heavy atom. The van der Waals surface area contributed by atoms with Crippen molar-refractivity contribution >= 4 is 17.6 Å². The number of methoxy groups -OCH3 is 1. The van der Waals surface area contributed by atoms with Crippen molar-refractivity contribution in [3.8, 4) is 11.8 Å². The van der Waals surface area contributed by atoms with E-state index in [1.807, 2.05) is 18.2 Å². The van der Waals surface area contributed by atoms with Gasteiger partial charge in [-0.25, -0.2) is 24.7 Å². The number of carboxylic acids is 1. The van der Waals surface area contributed by atoms with Gasteiger partial charge in [0.25, 0.3) is 0 Å². The number of aliphatic carboxylic acids is 1. The number of ether oxygens (including phenoxy) is 2. The normalized spacial score (nSPS) is 13.3. The third kappa shape index (κ3) is 9.06. The summed E-state index contributed by atoms with van der Waals surface area (Å²) >= 11 is 0. The summed E-state index contributed by atoms with van der Waals surface area (Å²) in [4.78, 5) is 31.5. The Morgan fingerprint density at radius 2 is 2.03 bits per heavy atom. The summed E-state index contributed by atoms with van der Waals surface area (Å²) in [6, 6.07) is 9.07. The molecule has 4 rings (SSSR count). The van der Waals surface area contributed by atoms with Crippen LogP contribution in [-0.4, -0.2) is 81.8 Å². The van der Waals surface area contributed by atoms with Crippen LogP contribution < -0.4 is 20.1 Å². The van der Waals surface area contributed by atoms with E-state index in [0.717, 1.165) is 56.7 Å². The van der Waals surface area contributed by atoms with E-state index in [1.165, 1.54) is 25.1 Å². The highest BCUT2D eigenvalue weighted by Gasteiger charge is 2.20. The van der Waals surface area contributed by atoms with Crippen LogP contribution in [0.25, 0.3) is 0 Å². The SMILES string of the molecule is COc1cnc(N[C@@H](CCN(CCCCc2ccc3c(n2)NCCC3)CCOc2ccccn2)C(=O)O)cn1. The van der Waals surface area contributed by atoms with Crippen LogP contribution in [0.4, 0.5) is 11.6 Å². The molecule has 0 fully saturated rings. The molecule has 0 bridgehead atoms. The first-order chi connectivity index (χ1) is 19.1. The number of anilines is 2. The Hall–Kier alpha value is -3.99. The predicted octanol–water partition coefficient (Wildman–Crippen LogP) is 3.29. The van der Waals surface area contributed by atoms with Crippen molar-refractivity contribution < 1.29 is 19.4 Å². The maximum Gasteiger partial charge on any atom is 0.326 e. The fourth-order valence-corrected chi connectivity index (χ4v) is 4.44. The van der Waals surface area contributed by atoms with E-state index in [9.17, 15) is 9.90 Å². The third-order valence-electron chi connectivity index (χ3n) is 6.60. The van der Waals surface area contributed by atoms with Gasteiger partial charge in [0.1, 0.15) is 24.3 Å². The molecule has 0 aromatic carbocycles. The van der Waals surface area contributed by atoms with Crippen LogP contribution in [0.2, 0.25) is 0 Å². The van der Waals surface area contributed by atoms with Crippen molar-refractivity contribution in [1.82, 2.24) is 24.8 Å². The zero-order valence-electron chi connectivity index (χ0n) is 22.4. The molecular formula is C28H37N7O4. The van der Waals surface area contributed by atoms with Crippen LogP contribution in [0, 0.1) is 0 Å². The summed E-state index contributed by atoms with van der Waals surface area (Å²) in [6.07, 6.45) is 10.1. The molecule has 0 saturated carbocycles. The number of carbonyl (C=O) groups is 1. The molecule has 0 saturated heterocycles. The molecule has 0 aliphatic carbocycles. The van der Waals surface area contributed by atoms with Crippen molar-refractivity contribution in [1.29, 1.82) is 0 Å². The second kappa shape index (κ2) is 14.8. The van der Waals surface area contributed by atoms with Crippen molar-refractivity contribution in [2.75, 3.05) is 50.5 Å². The summed E-state index contributed by atoms with van der Waals surface area (Å²) in [5.74, 6) is 1.42. The van der Waals surface area contributed by atoms with E-state index in [0.29, 0.717) is 43.7 Å². The second-order valence-corrected chi connectivity index (χ2v) is 9.42. The highest BCUT2D eigenvalue weighted by molar-refractivity contribution is 5.76. The molecule has 11 heteroatoms. The summed E-state index contributed by atoms with van der Waals surface area (Å²) < 4.78 is 10.8. The van der Waals surface area contributed by atoms with Gasteiger partial charge in [-0.1, -0.05) is 12.1 Å². The Labute approximate surface area is 229 Å². The molecule has 39 heavy (non-hydrogen) atoms. The Morgan fingerprint density at radius 1 is 1.10 bits per heavy atom. The summed E-state index contributed by atoms with van der Waals surface area (Å²) in [6.45, 7) is 3.51. The number of hydrogen-bond donors (Lipinski definition) is 3. The number of hydrogen-bond acceptors (Lipinski definition) is 10. The molecule has 1 aliphatic heterocycles. The van der Waals surface area contributed by atoms with Gasteiger partial charge in [0, 0.05) is 37.6 Å². The smallest absolute Gasteiger partial charge is 0.326 e. The van der Waals surface area contributed by atoms with Crippen LogP contribution in [0.3, 0.4) is 0 Å². The zero-order chi connectivity index (χ0) is 27.3. The van der Waals surface area contributed by atoms with E-state index in [-0.39, 0.29) is 0 Å². The maximum atomic E-state index is 12.0. The lowest BCUT2D eigenvalue weighted by Gasteiger charge is -2.24. The second-order valence-electron chi connectivity index (χ2n) is 9.42. The van der Waals surface area contributed by atoms with Crippen LogP contribution in [-0.2, 0) is 17.6 Å². The molecule has 1 atom stereocenters. The number of rotatable bonds is 16. The summed E-state index contributed by atoms with van der Waals surface area (Å²) in [7, 11) is 1.50. The minimum atomic E-state index is -0.940. The maximum absolute atomic E-state index is 12.0. The lowest BCUT2D eigenvalue weighted by Crippen LogP contribution is -2.37. The van der Waals surface area contributed by atoms with E-state index >= 15 is 0 Å². The van der Waals surface area contributed by atoms with Crippen molar-refractivity contribution in [3.63, 3.8) is 0 Å². The monoisotopic (exact) mass is 535 g/mol. The number of nitrogens with zero attached hydrogens (tertiary/aromatic N) is 5. The first kappa shape index (κ1) is 28.0. The van der Waals surface area contributed by atoms with Gasteiger partial charge in [0.15, 0.2) is 0 Å². The van der Waals surface area contributed by atoms with Gasteiger partial charge in [0.2, 0.25) is 11.8 Å². The van der Waals surface area contributed by atoms with Gasteiger partial charge < -0.3 is 25.2 Å². The average molecular weight is 536 g/mol. The molecule has 4 heterocycles. The number of carboxylic acid groups (broad SMARTS) is 1. The summed E-state index contributed by atoms with van der Waals surface area (Å²) in [5.41, 5.74) is 2.40. The number of unbranched alkanes of at least 4 members (excludes halogenated alkanes) is 1. The largest absolute Gasteiger partial charge is 0.480 e. The molecule has 3 N–H and O–H groups in total. The van der Waals surface area contributed by atoms with Crippen molar-refractivity contribution in [3.05, 3.63) is 60.2 Å². The van der Waals surface area contributed by atoms with Crippen LogP contribution in [0.15, 0.2) is 48.9 Å². The van der Waals surface area contributed by atoms with Crippen molar-refractivity contribution in [2.24, 2.45) is 0 Å². The molecule has 3 aromatic rings. The molecular weight excluding hydrogens is 498 g/mol. The molecule has 208 valence electrons. The fourth-order valence-electron chi connectivity index (χ4n) is 4.44. The van der Waals surface area contributed by atoms with E-state index < -0.39 is 12.0 Å². The first-order valence-electron chi connectivity index (χ1n) is 13.4. The minimum Gasteiger partial charge on any atom is -0.480 e. The lowest BCUT2D eigenvalue weighted by atomic mass is 10.1. The number of aryl methyl sites for hydroxylation is 2. The molecule has 11 nitrogen and oxygen atoms in total. The van der Waals surface area contributed by atoms with Crippen LogP contribution >= 0.6 is 0 Å². The number of nitrogens with one attached hydrogen (secondary N) is 2. The molecule has 1 aliphatic rings. The Bertz CT molecular complexity index is 1160. The molecule has 0 radical (unpaired) electrons. The third-order valence-corrected chi connectivity index (χ3v) is 6.60. The summed E-state index contributed by atoms with van der Waals surface area (Å²) in [5, 5.41) is 16.2. The lowest BCUT2D eigenvalue weighted by molar-refractivity contribution is -0.138. The number of aromatic nitrogens is 4. The quantitative estimate of drug-likeness (QED) is 0.233. The standard InChI is InChI=1S/C28H37N7O4/c1-38-26-20-31-24(19-32-26)34-23(28(36)37)12-16-35(17-18-39-25-9-2-4-13-29-25)15-5-3-8-22-11-10-21-7-6-14-30-27(21)33-22/h2,4,9-11,13,19-20,23H,3,5-8,12,14-18H2,1H3,(H,30,33)(H,31,34)(H,36,37)/t23-/m0/s1. The Kier molecular flexibility index (Phi) is 10.6. The highest BCUT2D eigenvalue weighted by Crippen LogP contribution is 2.20. The van der Waals surface area contributed by atoms with Gasteiger partial charge in [-0.05, 0) is 62.8 Å². The number of fused-ring (bicyclic) bond motifs is 1. The first-order valence-corrected chi connectivity index (χ1v) is 13.4. The van der Waals surface area contributed by atoms with E-state index in [2.05, 4.69) is 42.6 Å². The number of pyridine rings is 2. The van der Waals surface area contributed by atoms with Crippen LogP contribution in [0.5, 0.6) is 11.8 Å². The zero-order valence-corrected chi connectivity index (χ0v) is 22.4. The van der Waals surface area contributed by atoms with E-state index in [4.69, 9.17) is 14.5 Å². The average Bonchev–Trinajstić information content (AvgIpc) is 2.97. The topological polar surface area (TPSA) is 135 Å². The van der Waals surface area contributed by atoms with Gasteiger partial charge >= 0.3 is 5.97 Å². The van der Waals surface area contributed by atoms with Gasteiger partial charge in [-0.15, -0.1) is 0 Å². The highest BCUT2D eigenvalue weighted by atomic mass is 16.5. The van der Waals surface area contributed by atoms with Gasteiger partial charge in [-0.2, -0.15) is 0 Å². The van der Waals surface area contributed by atoms with Gasteiger partial charge in [-0.3, -0.25) is 4.90 Å². The van der Waals surface area contributed by atoms with E-state index in [1.54, 1.807) is 6.20 Å². The minimum absolute atomic E-state index is 0.369. The molecule has 3 aromatic heterocycles. The fraction of sp³-hybridized carbons (Fsp3) is 0.464. The molecule has 0 unspecified atom stereocenters. The Balaban J connectivity index is 1.29.